The van der Waals surface area contributed by atoms with Gasteiger partial charge in [-0.3, -0.25) is 0 Å². The molecule has 1 amide bonds. The zero-order valence-corrected chi connectivity index (χ0v) is 15.4. The van der Waals surface area contributed by atoms with Crippen LogP contribution in [0.4, 0.5) is 18.0 Å². The monoisotopic (exact) mass is 407 g/mol. The van der Waals surface area contributed by atoms with E-state index in [9.17, 15) is 23.1 Å². The fourth-order valence-corrected chi connectivity index (χ4v) is 3.23. The third-order valence-corrected chi connectivity index (χ3v) is 4.76. The van der Waals surface area contributed by atoms with Crippen LogP contribution in [0.25, 0.3) is 5.57 Å². The number of halogens is 3. The first-order valence-corrected chi connectivity index (χ1v) is 8.98. The van der Waals surface area contributed by atoms with Crippen LogP contribution < -0.4 is 4.74 Å². The lowest BCUT2D eigenvalue weighted by atomic mass is 9.93. The van der Waals surface area contributed by atoms with Gasteiger partial charge in [-0.15, -0.1) is 0 Å². The molecule has 29 heavy (non-hydrogen) atoms. The summed E-state index contributed by atoms with van der Waals surface area (Å²) < 4.78 is 44.7. The van der Waals surface area contributed by atoms with E-state index in [1.165, 1.54) is 23.1 Å². The summed E-state index contributed by atoms with van der Waals surface area (Å²) in [6.07, 6.45) is -3.23. The van der Waals surface area contributed by atoms with Gasteiger partial charge in [0.15, 0.2) is 0 Å². The van der Waals surface area contributed by atoms with Gasteiger partial charge in [-0.2, -0.15) is 13.2 Å². The predicted molar refractivity (Wildman–Crippen MR) is 100 cm³/mol. The van der Waals surface area contributed by atoms with E-state index in [-0.39, 0.29) is 25.5 Å². The highest BCUT2D eigenvalue weighted by Gasteiger charge is 2.34. The molecule has 0 radical (unpaired) electrons. The van der Waals surface area contributed by atoms with Crippen molar-refractivity contribution >= 4 is 11.7 Å². The van der Waals surface area contributed by atoms with Crippen molar-refractivity contribution in [1.82, 2.24) is 4.90 Å². The number of carboxylic acid groups (broad SMARTS) is 1. The van der Waals surface area contributed by atoms with Crippen LogP contribution in [0.3, 0.4) is 0 Å². The molecule has 0 bridgehead atoms. The molecule has 0 fully saturated rings. The molecular weight excluding hydrogens is 387 g/mol. The molecule has 0 aromatic heterocycles. The van der Waals surface area contributed by atoms with Crippen LogP contribution >= 0.6 is 0 Å². The van der Waals surface area contributed by atoms with Crippen LogP contribution in [-0.2, 0) is 19.4 Å². The highest BCUT2D eigenvalue weighted by molar-refractivity contribution is 5.73. The topological polar surface area (TPSA) is 70.0 Å². The van der Waals surface area contributed by atoms with E-state index in [1.807, 2.05) is 0 Å². The Morgan fingerprint density at radius 2 is 1.93 bits per heavy atom. The van der Waals surface area contributed by atoms with Crippen LogP contribution in [-0.4, -0.2) is 34.3 Å². The minimum absolute atomic E-state index is 0.0691. The number of carbonyl (C=O) groups is 1. The second-order valence-corrected chi connectivity index (χ2v) is 6.64. The number of hydrogen-bond acceptors (Lipinski definition) is 3. The van der Waals surface area contributed by atoms with Gasteiger partial charge in [-0.25, -0.2) is 4.79 Å². The van der Waals surface area contributed by atoms with Crippen LogP contribution in [0.1, 0.15) is 28.7 Å². The predicted octanol–water partition coefficient (Wildman–Crippen LogP) is 4.54. The molecule has 0 saturated carbocycles. The van der Waals surface area contributed by atoms with Gasteiger partial charge >= 0.3 is 12.3 Å². The van der Waals surface area contributed by atoms with Crippen LogP contribution in [0.5, 0.6) is 5.75 Å². The average molecular weight is 407 g/mol. The van der Waals surface area contributed by atoms with Crippen molar-refractivity contribution in [3.8, 4) is 5.75 Å². The standard InChI is InChI=1S/C21H20F3NO4/c22-21(23,24)18-3-1-2-4-19(18)29-13-14-5-6-16(12-26)17(11-14)15-7-9-25(10-8-15)20(27)28/h1-7,11,26H,8-10,12-13H2,(H,27,28). The largest absolute Gasteiger partial charge is 0.488 e. The number of ether oxygens (including phenoxy) is 1. The fourth-order valence-electron chi connectivity index (χ4n) is 3.23. The van der Waals surface area contributed by atoms with Crippen LogP contribution in [0, 0.1) is 0 Å². The van der Waals surface area contributed by atoms with Gasteiger partial charge in [0, 0.05) is 13.1 Å². The van der Waals surface area contributed by atoms with Crippen LogP contribution in [0.15, 0.2) is 48.5 Å². The minimum Gasteiger partial charge on any atom is -0.488 e. The summed E-state index contributed by atoms with van der Waals surface area (Å²) in [5, 5.41) is 18.7. The lowest BCUT2D eigenvalue weighted by Crippen LogP contribution is -2.33. The van der Waals surface area contributed by atoms with Gasteiger partial charge in [0.1, 0.15) is 12.4 Å². The summed E-state index contributed by atoms with van der Waals surface area (Å²) >= 11 is 0. The third-order valence-electron chi connectivity index (χ3n) is 4.76. The molecule has 0 saturated heterocycles. The Morgan fingerprint density at radius 3 is 2.55 bits per heavy atom. The Kier molecular flexibility index (Phi) is 6.12. The first kappa shape index (κ1) is 20.7. The molecule has 8 heteroatoms. The molecule has 0 spiro atoms. The van der Waals surface area contributed by atoms with Crippen molar-refractivity contribution in [2.45, 2.75) is 25.8 Å². The number of rotatable bonds is 5. The van der Waals surface area contributed by atoms with Gasteiger partial charge in [0.05, 0.1) is 12.2 Å². The number of hydrogen-bond donors (Lipinski definition) is 2. The summed E-state index contributed by atoms with van der Waals surface area (Å²) in [5.74, 6) is -0.248. The first-order chi connectivity index (χ1) is 13.8. The molecule has 2 N–H and O–H groups in total. The van der Waals surface area contributed by atoms with Crippen molar-refractivity contribution in [1.29, 1.82) is 0 Å². The van der Waals surface area contributed by atoms with E-state index in [0.717, 1.165) is 17.2 Å². The summed E-state index contributed by atoms with van der Waals surface area (Å²) in [7, 11) is 0. The maximum absolute atomic E-state index is 13.1. The minimum atomic E-state index is -4.51. The van der Waals surface area contributed by atoms with Gasteiger partial charge in [-0.1, -0.05) is 30.3 Å². The van der Waals surface area contributed by atoms with E-state index in [1.54, 1.807) is 24.3 Å². The molecule has 5 nitrogen and oxygen atoms in total. The molecule has 2 aromatic carbocycles. The van der Waals surface area contributed by atoms with E-state index >= 15 is 0 Å². The Balaban J connectivity index is 1.81. The molecule has 0 aliphatic carbocycles. The quantitative estimate of drug-likeness (QED) is 0.763. The number of para-hydroxylation sites is 1. The van der Waals surface area contributed by atoms with Crippen molar-refractivity contribution in [2.75, 3.05) is 13.1 Å². The smallest absolute Gasteiger partial charge is 0.419 e. The molecule has 0 unspecified atom stereocenters. The third kappa shape index (κ3) is 4.89. The second-order valence-electron chi connectivity index (χ2n) is 6.64. The van der Waals surface area contributed by atoms with Crippen molar-refractivity contribution in [3.05, 3.63) is 70.8 Å². The van der Waals surface area contributed by atoms with E-state index < -0.39 is 17.8 Å². The number of alkyl halides is 3. The van der Waals surface area contributed by atoms with Gasteiger partial charge in [0.25, 0.3) is 0 Å². The van der Waals surface area contributed by atoms with E-state index in [0.29, 0.717) is 24.1 Å². The zero-order chi connectivity index (χ0) is 21.0. The van der Waals surface area contributed by atoms with Gasteiger partial charge in [0.2, 0.25) is 0 Å². The molecular formula is C21H20F3NO4. The molecule has 1 heterocycles. The first-order valence-electron chi connectivity index (χ1n) is 8.98. The average Bonchev–Trinajstić information content (AvgIpc) is 2.71. The lowest BCUT2D eigenvalue weighted by Gasteiger charge is -2.25. The summed E-state index contributed by atoms with van der Waals surface area (Å²) in [4.78, 5) is 12.3. The molecule has 1 aliphatic rings. The van der Waals surface area contributed by atoms with Crippen molar-refractivity contribution < 1.29 is 32.9 Å². The summed E-state index contributed by atoms with van der Waals surface area (Å²) in [6.45, 7) is 0.314. The Hall–Kier alpha value is -3.00. The molecule has 3 rings (SSSR count). The van der Waals surface area contributed by atoms with Gasteiger partial charge < -0.3 is 19.8 Å². The van der Waals surface area contributed by atoms with Crippen molar-refractivity contribution in [3.63, 3.8) is 0 Å². The number of aliphatic hydroxyl groups is 1. The molecule has 2 aromatic rings. The Bertz CT molecular complexity index is 924. The Labute approximate surface area is 165 Å². The number of aliphatic hydroxyl groups excluding tert-OH is 1. The second kappa shape index (κ2) is 8.57. The Morgan fingerprint density at radius 1 is 1.17 bits per heavy atom. The summed E-state index contributed by atoms with van der Waals surface area (Å²) in [6, 6.07) is 10.2. The maximum Gasteiger partial charge on any atom is 0.419 e. The SMILES string of the molecule is O=C(O)N1CC=C(c2cc(COc3ccccc3C(F)(F)F)ccc2CO)CC1. The fraction of sp³-hybridized carbons (Fsp3) is 0.286. The van der Waals surface area contributed by atoms with Gasteiger partial charge in [-0.05, 0) is 46.9 Å². The molecule has 1 aliphatic heterocycles. The molecule has 154 valence electrons. The van der Waals surface area contributed by atoms with E-state index in [4.69, 9.17) is 9.84 Å². The van der Waals surface area contributed by atoms with Crippen LogP contribution in [0.2, 0.25) is 0 Å². The maximum atomic E-state index is 13.1. The number of nitrogens with zero attached hydrogens (tertiary/aromatic N) is 1. The van der Waals surface area contributed by atoms with Crippen molar-refractivity contribution in [2.24, 2.45) is 0 Å². The van der Waals surface area contributed by atoms with E-state index in [2.05, 4.69) is 0 Å². The number of amides is 1. The summed E-state index contributed by atoms with van der Waals surface area (Å²) in [5.41, 5.74) is 2.12. The number of benzene rings is 2. The normalized spacial score (nSPS) is 14.5. The lowest BCUT2D eigenvalue weighted by molar-refractivity contribution is -0.139. The molecule has 0 atom stereocenters. The zero-order valence-electron chi connectivity index (χ0n) is 15.4. The highest BCUT2D eigenvalue weighted by Crippen LogP contribution is 2.36. The highest BCUT2D eigenvalue weighted by atomic mass is 19.4.